The zero-order valence-electron chi connectivity index (χ0n) is 12.9. The molecule has 0 saturated carbocycles. The first-order valence-electron chi connectivity index (χ1n) is 6.92. The number of halogens is 2. The third-order valence-corrected chi connectivity index (χ3v) is 4.19. The average Bonchev–Trinajstić information content (AvgIpc) is 2.51. The molecule has 122 valence electrons. The van der Waals surface area contributed by atoms with E-state index in [9.17, 15) is 4.79 Å². The summed E-state index contributed by atoms with van der Waals surface area (Å²) in [5.74, 6) is 0.742. The molecule has 0 spiro atoms. The van der Waals surface area contributed by atoms with Gasteiger partial charge in [-0.25, -0.2) is 4.79 Å². The second kappa shape index (κ2) is 7.11. The lowest BCUT2D eigenvalue weighted by Gasteiger charge is -2.15. The predicted octanol–water partition coefficient (Wildman–Crippen LogP) is 5.62. The van der Waals surface area contributed by atoms with Gasteiger partial charge in [-0.05, 0) is 36.2 Å². The number of carboxylic acids is 1. The molecule has 6 heteroatoms. The van der Waals surface area contributed by atoms with E-state index in [1.54, 1.807) is 13.2 Å². The van der Waals surface area contributed by atoms with Crippen molar-refractivity contribution >= 4 is 29.2 Å². The largest absolute Gasteiger partial charge is 0.496 e. The summed E-state index contributed by atoms with van der Waals surface area (Å²) in [6, 6.07) is 8.26. The molecular formula is C17H16Cl2O4. The van der Waals surface area contributed by atoms with Crippen LogP contribution in [-0.4, -0.2) is 18.2 Å². The van der Waals surface area contributed by atoms with Crippen LogP contribution < -0.4 is 9.47 Å². The number of ether oxygens (including phenoxy) is 2. The molecule has 0 fully saturated rings. The van der Waals surface area contributed by atoms with E-state index in [0.717, 1.165) is 11.3 Å². The van der Waals surface area contributed by atoms with Crippen molar-refractivity contribution in [2.45, 2.75) is 19.8 Å². The summed E-state index contributed by atoms with van der Waals surface area (Å²) in [4.78, 5) is 11.0. The molecule has 2 aromatic rings. The standard InChI is InChI=1S/C17H16Cl2O4/c1-9(2)12-8-10(4-6-13(12)22-3)23-14-7-5-11(17(20)21)15(18)16(14)19/h4-9H,1-3H3,(H,20,21). The van der Waals surface area contributed by atoms with Crippen LogP contribution in [-0.2, 0) is 0 Å². The highest BCUT2D eigenvalue weighted by atomic mass is 35.5. The summed E-state index contributed by atoms with van der Waals surface area (Å²) in [5, 5.41) is 9.04. The summed E-state index contributed by atoms with van der Waals surface area (Å²) in [6.07, 6.45) is 0. The quantitative estimate of drug-likeness (QED) is 0.757. The zero-order chi connectivity index (χ0) is 17.1. The minimum atomic E-state index is -1.14. The Hall–Kier alpha value is -1.91. The van der Waals surface area contributed by atoms with Gasteiger partial charge in [-0.3, -0.25) is 0 Å². The van der Waals surface area contributed by atoms with E-state index in [4.69, 9.17) is 37.8 Å². The molecule has 0 atom stereocenters. The van der Waals surface area contributed by atoms with Gasteiger partial charge < -0.3 is 14.6 Å². The highest BCUT2D eigenvalue weighted by Gasteiger charge is 2.17. The fourth-order valence-electron chi connectivity index (χ4n) is 2.13. The number of rotatable bonds is 5. The van der Waals surface area contributed by atoms with Gasteiger partial charge in [0.1, 0.15) is 22.3 Å². The van der Waals surface area contributed by atoms with Crippen molar-refractivity contribution in [1.82, 2.24) is 0 Å². The highest BCUT2D eigenvalue weighted by Crippen LogP contribution is 2.38. The van der Waals surface area contributed by atoms with Crippen molar-refractivity contribution in [1.29, 1.82) is 0 Å². The molecule has 23 heavy (non-hydrogen) atoms. The summed E-state index contributed by atoms with van der Waals surface area (Å²) < 4.78 is 11.1. The minimum Gasteiger partial charge on any atom is -0.496 e. The number of benzene rings is 2. The molecule has 4 nitrogen and oxygen atoms in total. The summed E-state index contributed by atoms with van der Waals surface area (Å²) in [6.45, 7) is 4.10. The molecule has 0 saturated heterocycles. The molecule has 0 unspecified atom stereocenters. The first kappa shape index (κ1) is 17.4. The van der Waals surface area contributed by atoms with Crippen molar-refractivity contribution in [2.75, 3.05) is 7.11 Å². The van der Waals surface area contributed by atoms with Crippen molar-refractivity contribution in [3.05, 3.63) is 51.5 Å². The van der Waals surface area contributed by atoms with Gasteiger partial charge in [-0.2, -0.15) is 0 Å². The van der Waals surface area contributed by atoms with Gasteiger partial charge in [0.25, 0.3) is 0 Å². The topological polar surface area (TPSA) is 55.8 Å². The van der Waals surface area contributed by atoms with Crippen LogP contribution in [0.2, 0.25) is 10.0 Å². The Kier molecular flexibility index (Phi) is 5.39. The lowest BCUT2D eigenvalue weighted by Crippen LogP contribution is -1.99. The van der Waals surface area contributed by atoms with E-state index in [2.05, 4.69) is 0 Å². The van der Waals surface area contributed by atoms with Gasteiger partial charge in [0.15, 0.2) is 0 Å². The lowest BCUT2D eigenvalue weighted by atomic mass is 10.0. The number of methoxy groups -OCH3 is 1. The van der Waals surface area contributed by atoms with E-state index in [1.165, 1.54) is 12.1 Å². The van der Waals surface area contributed by atoms with Crippen molar-refractivity contribution < 1.29 is 19.4 Å². The van der Waals surface area contributed by atoms with Crippen LogP contribution in [0.1, 0.15) is 35.7 Å². The number of hydrogen-bond donors (Lipinski definition) is 1. The monoisotopic (exact) mass is 354 g/mol. The highest BCUT2D eigenvalue weighted by molar-refractivity contribution is 6.44. The van der Waals surface area contributed by atoms with Crippen LogP contribution in [0.5, 0.6) is 17.2 Å². The van der Waals surface area contributed by atoms with Crippen molar-refractivity contribution in [3.63, 3.8) is 0 Å². The molecule has 2 rings (SSSR count). The predicted molar refractivity (Wildman–Crippen MR) is 90.6 cm³/mol. The van der Waals surface area contributed by atoms with Gasteiger partial charge in [0.2, 0.25) is 0 Å². The molecule has 0 bridgehead atoms. The maximum atomic E-state index is 11.0. The summed E-state index contributed by atoms with van der Waals surface area (Å²) >= 11 is 12.1. The van der Waals surface area contributed by atoms with Crippen molar-refractivity contribution in [2.24, 2.45) is 0 Å². The van der Waals surface area contributed by atoms with Gasteiger partial charge in [-0.1, -0.05) is 37.0 Å². The first-order chi connectivity index (χ1) is 10.8. The van der Waals surface area contributed by atoms with E-state index < -0.39 is 5.97 Å². The van der Waals surface area contributed by atoms with Crippen LogP contribution >= 0.6 is 23.2 Å². The van der Waals surface area contributed by atoms with E-state index in [1.807, 2.05) is 26.0 Å². The molecule has 0 amide bonds. The molecule has 0 aliphatic carbocycles. The second-order valence-corrected chi connectivity index (χ2v) is 5.96. The normalized spacial score (nSPS) is 10.7. The summed E-state index contributed by atoms with van der Waals surface area (Å²) in [7, 11) is 1.61. The Labute approximate surface area is 144 Å². The Morgan fingerprint density at radius 2 is 1.74 bits per heavy atom. The first-order valence-corrected chi connectivity index (χ1v) is 7.67. The lowest BCUT2D eigenvalue weighted by molar-refractivity contribution is 0.0697. The molecule has 0 aliphatic rings. The van der Waals surface area contributed by atoms with Crippen LogP contribution in [0, 0.1) is 0 Å². The SMILES string of the molecule is COc1ccc(Oc2ccc(C(=O)O)c(Cl)c2Cl)cc1C(C)C. The van der Waals surface area contributed by atoms with Crippen molar-refractivity contribution in [3.8, 4) is 17.2 Å². The third-order valence-electron chi connectivity index (χ3n) is 3.33. The number of aromatic carboxylic acids is 1. The summed E-state index contributed by atoms with van der Waals surface area (Å²) in [5.41, 5.74) is 0.927. The molecule has 0 aliphatic heterocycles. The van der Waals surface area contributed by atoms with E-state index in [-0.39, 0.29) is 21.5 Å². The number of carboxylic acid groups (broad SMARTS) is 1. The van der Waals surface area contributed by atoms with Gasteiger partial charge in [-0.15, -0.1) is 0 Å². The minimum absolute atomic E-state index is 0.0470. The maximum Gasteiger partial charge on any atom is 0.337 e. The number of hydrogen-bond acceptors (Lipinski definition) is 3. The Morgan fingerprint density at radius 3 is 2.30 bits per heavy atom. The molecule has 2 aromatic carbocycles. The van der Waals surface area contributed by atoms with Gasteiger partial charge >= 0.3 is 5.97 Å². The van der Waals surface area contributed by atoms with E-state index in [0.29, 0.717) is 11.5 Å². The Bertz CT molecular complexity index is 742. The Balaban J connectivity index is 2.38. The van der Waals surface area contributed by atoms with Crippen LogP contribution in [0.25, 0.3) is 0 Å². The van der Waals surface area contributed by atoms with Gasteiger partial charge in [0.05, 0.1) is 17.7 Å². The molecule has 0 heterocycles. The molecule has 0 radical (unpaired) electrons. The molecule has 0 aromatic heterocycles. The molecular weight excluding hydrogens is 339 g/mol. The molecule has 1 N–H and O–H groups in total. The third kappa shape index (κ3) is 3.71. The number of carbonyl (C=O) groups is 1. The fraction of sp³-hybridized carbons (Fsp3) is 0.235. The van der Waals surface area contributed by atoms with Crippen LogP contribution in [0.4, 0.5) is 0 Å². The smallest absolute Gasteiger partial charge is 0.337 e. The van der Waals surface area contributed by atoms with Gasteiger partial charge in [0, 0.05) is 5.56 Å². The zero-order valence-corrected chi connectivity index (χ0v) is 14.4. The maximum absolute atomic E-state index is 11.0. The average molecular weight is 355 g/mol. The van der Waals surface area contributed by atoms with Crippen LogP contribution in [0.3, 0.4) is 0 Å². The van der Waals surface area contributed by atoms with E-state index >= 15 is 0 Å². The van der Waals surface area contributed by atoms with Crippen LogP contribution in [0.15, 0.2) is 30.3 Å². The second-order valence-electron chi connectivity index (χ2n) is 5.20. The fourth-order valence-corrected chi connectivity index (χ4v) is 2.57. The Morgan fingerprint density at radius 1 is 1.09 bits per heavy atom.